The summed E-state index contributed by atoms with van der Waals surface area (Å²) in [6.07, 6.45) is 8.99. The summed E-state index contributed by atoms with van der Waals surface area (Å²) in [5.41, 5.74) is 1.23. The number of hydrogen-bond acceptors (Lipinski definition) is 1. The number of allylic oxidation sites excluding steroid dienone is 1. The smallest absolute Gasteiger partial charge is 0.0146 e. The van der Waals surface area contributed by atoms with Gasteiger partial charge in [-0.15, -0.1) is 0 Å². The SMILES string of the molecule is C=C(CCCCC)NCCC(C)CCC. The Morgan fingerprint density at radius 3 is 2.47 bits per heavy atom. The van der Waals surface area contributed by atoms with E-state index in [0.717, 1.165) is 18.9 Å². The molecule has 0 aromatic carbocycles. The Morgan fingerprint density at radius 1 is 1.13 bits per heavy atom. The van der Waals surface area contributed by atoms with E-state index in [1.165, 1.54) is 44.2 Å². The summed E-state index contributed by atoms with van der Waals surface area (Å²) in [4.78, 5) is 0. The molecular weight excluding hydrogens is 182 g/mol. The topological polar surface area (TPSA) is 12.0 Å². The minimum Gasteiger partial charge on any atom is -0.389 e. The molecule has 0 rings (SSSR count). The third kappa shape index (κ3) is 9.84. The van der Waals surface area contributed by atoms with E-state index >= 15 is 0 Å². The molecule has 0 aliphatic rings. The lowest BCUT2D eigenvalue weighted by molar-refractivity contribution is 0.474. The fourth-order valence-electron chi connectivity index (χ4n) is 1.81. The van der Waals surface area contributed by atoms with Crippen molar-refractivity contribution in [3.8, 4) is 0 Å². The van der Waals surface area contributed by atoms with Crippen LogP contribution in [0.15, 0.2) is 12.3 Å². The number of hydrogen-bond donors (Lipinski definition) is 1. The first-order chi connectivity index (χ1) is 7.20. The predicted octanol–water partition coefficient (Wildman–Crippen LogP) is 4.50. The molecule has 15 heavy (non-hydrogen) atoms. The van der Waals surface area contributed by atoms with Gasteiger partial charge in [-0.25, -0.2) is 0 Å². The van der Waals surface area contributed by atoms with Crippen molar-refractivity contribution < 1.29 is 0 Å². The van der Waals surface area contributed by atoms with Crippen LogP contribution in [0.3, 0.4) is 0 Å². The molecule has 0 aromatic heterocycles. The van der Waals surface area contributed by atoms with Crippen LogP contribution in [0, 0.1) is 5.92 Å². The quantitative estimate of drug-likeness (QED) is 0.525. The number of unbranched alkanes of at least 4 members (excludes halogenated alkanes) is 2. The third-order valence-electron chi connectivity index (χ3n) is 2.88. The zero-order valence-electron chi connectivity index (χ0n) is 10.9. The lowest BCUT2D eigenvalue weighted by atomic mass is 10.0. The zero-order chi connectivity index (χ0) is 11.5. The normalized spacial score (nSPS) is 12.5. The highest BCUT2D eigenvalue weighted by Crippen LogP contribution is 2.09. The Morgan fingerprint density at radius 2 is 1.87 bits per heavy atom. The van der Waals surface area contributed by atoms with Crippen LogP contribution in [0.25, 0.3) is 0 Å². The summed E-state index contributed by atoms with van der Waals surface area (Å²) in [5.74, 6) is 0.853. The molecular formula is C14H29N. The second-order valence-electron chi connectivity index (χ2n) is 4.67. The molecule has 0 aliphatic carbocycles. The average molecular weight is 211 g/mol. The standard InChI is InChI=1S/C14H29N/c1-5-7-8-10-14(4)15-12-11-13(3)9-6-2/h13,15H,4-12H2,1-3H3. The van der Waals surface area contributed by atoms with E-state index < -0.39 is 0 Å². The fourth-order valence-corrected chi connectivity index (χ4v) is 1.81. The first kappa shape index (κ1) is 14.5. The summed E-state index contributed by atoms with van der Waals surface area (Å²) in [6, 6.07) is 0. The minimum atomic E-state index is 0.853. The molecule has 1 N–H and O–H groups in total. The molecule has 1 unspecified atom stereocenters. The van der Waals surface area contributed by atoms with Gasteiger partial charge in [-0.2, -0.15) is 0 Å². The van der Waals surface area contributed by atoms with Gasteiger partial charge in [0.2, 0.25) is 0 Å². The summed E-state index contributed by atoms with van der Waals surface area (Å²) in [6.45, 7) is 12.0. The maximum atomic E-state index is 4.06. The van der Waals surface area contributed by atoms with Crippen molar-refractivity contribution in [3.05, 3.63) is 12.3 Å². The monoisotopic (exact) mass is 211 g/mol. The number of nitrogens with one attached hydrogen (secondary N) is 1. The Kier molecular flexibility index (Phi) is 9.76. The molecule has 0 bridgehead atoms. The van der Waals surface area contributed by atoms with Crippen molar-refractivity contribution >= 4 is 0 Å². The van der Waals surface area contributed by atoms with Gasteiger partial charge < -0.3 is 5.32 Å². The molecule has 0 radical (unpaired) electrons. The highest BCUT2D eigenvalue weighted by atomic mass is 14.9. The van der Waals surface area contributed by atoms with E-state index in [1.807, 2.05) is 0 Å². The van der Waals surface area contributed by atoms with E-state index in [4.69, 9.17) is 0 Å². The van der Waals surface area contributed by atoms with Crippen LogP contribution in [-0.4, -0.2) is 6.54 Å². The summed E-state index contributed by atoms with van der Waals surface area (Å²) in [7, 11) is 0. The molecule has 1 nitrogen and oxygen atoms in total. The lowest BCUT2D eigenvalue weighted by Gasteiger charge is -2.13. The van der Waals surface area contributed by atoms with Crippen molar-refractivity contribution in [1.29, 1.82) is 0 Å². The Balaban J connectivity index is 3.30. The molecule has 0 aliphatic heterocycles. The highest BCUT2D eigenvalue weighted by molar-refractivity contribution is 4.90. The van der Waals surface area contributed by atoms with Crippen LogP contribution in [0.1, 0.15) is 65.7 Å². The molecule has 0 amide bonds. The molecule has 0 saturated heterocycles. The zero-order valence-corrected chi connectivity index (χ0v) is 10.9. The van der Waals surface area contributed by atoms with Crippen molar-refractivity contribution in [2.24, 2.45) is 5.92 Å². The fraction of sp³-hybridized carbons (Fsp3) is 0.857. The minimum absolute atomic E-state index is 0.853. The van der Waals surface area contributed by atoms with Crippen molar-refractivity contribution in [1.82, 2.24) is 5.32 Å². The van der Waals surface area contributed by atoms with Gasteiger partial charge >= 0.3 is 0 Å². The maximum absolute atomic E-state index is 4.06. The second kappa shape index (κ2) is 10.1. The van der Waals surface area contributed by atoms with Gasteiger partial charge in [0.15, 0.2) is 0 Å². The molecule has 1 atom stereocenters. The van der Waals surface area contributed by atoms with Crippen LogP contribution in [0.2, 0.25) is 0 Å². The first-order valence-corrected chi connectivity index (χ1v) is 6.62. The largest absolute Gasteiger partial charge is 0.389 e. The molecule has 1 heteroatoms. The molecule has 90 valence electrons. The van der Waals surface area contributed by atoms with Crippen molar-refractivity contribution in [2.75, 3.05) is 6.54 Å². The molecule has 0 spiro atoms. The van der Waals surface area contributed by atoms with Gasteiger partial charge in [0.1, 0.15) is 0 Å². The Bertz CT molecular complexity index is 151. The van der Waals surface area contributed by atoms with Crippen LogP contribution in [0.4, 0.5) is 0 Å². The molecule has 0 heterocycles. The van der Waals surface area contributed by atoms with E-state index in [1.54, 1.807) is 0 Å². The summed E-state index contributed by atoms with van der Waals surface area (Å²) >= 11 is 0. The van der Waals surface area contributed by atoms with Crippen LogP contribution in [-0.2, 0) is 0 Å². The van der Waals surface area contributed by atoms with Gasteiger partial charge in [0, 0.05) is 12.2 Å². The van der Waals surface area contributed by atoms with Crippen molar-refractivity contribution in [2.45, 2.75) is 65.7 Å². The van der Waals surface area contributed by atoms with E-state index in [0.29, 0.717) is 0 Å². The van der Waals surface area contributed by atoms with Crippen LogP contribution in [0.5, 0.6) is 0 Å². The summed E-state index contributed by atoms with van der Waals surface area (Å²) in [5, 5.41) is 3.44. The molecule has 0 fully saturated rings. The van der Waals surface area contributed by atoms with Gasteiger partial charge in [0.05, 0.1) is 0 Å². The summed E-state index contributed by atoms with van der Waals surface area (Å²) < 4.78 is 0. The lowest BCUT2D eigenvalue weighted by Crippen LogP contribution is -2.16. The Labute approximate surface area is 96.3 Å². The van der Waals surface area contributed by atoms with Crippen LogP contribution >= 0.6 is 0 Å². The van der Waals surface area contributed by atoms with Gasteiger partial charge in [-0.1, -0.05) is 53.0 Å². The van der Waals surface area contributed by atoms with Gasteiger partial charge in [-0.05, 0) is 25.2 Å². The van der Waals surface area contributed by atoms with E-state index in [-0.39, 0.29) is 0 Å². The van der Waals surface area contributed by atoms with Gasteiger partial charge in [0.25, 0.3) is 0 Å². The molecule has 0 saturated carbocycles. The average Bonchev–Trinajstić information content (AvgIpc) is 2.18. The third-order valence-corrected chi connectivity index (χ3v) is 2.88. The number of rotatable bonds is 10. The second-order valence-corrected chi connectivity index (χ2v) is 4.67. The van der Waals surface area contributed by atoms with E-state index in [9.17, 15) is 0 Å². The van der Waals surface area contributed by atoms with Crippen LogP contribution < -0.4 is 5.32 Å². The molecule has 0 aromatic rings. The maximum Gasteiger partial charge on any atom is 0.0146 e. The van der Waals surface area contributed by atoms with Crippen molar-refractivity contribution in [3.63, 3.8) is 0 Å². The van der Waals surface area contributed by atoms with Gasteiger partial charge in [-0.3, -0.25) is 0 Å². The first-order valence-electron chi connectivity index (χ1n) is 6.62. The highest BCUT2D eigenvalue weighted by Gasteiger charge is 2.00. The van der Waals surface area contributed by atoms with E-state index in [2.05, 4.69) is 32.7 Å². The Hall–Kier alpha value is -0.460. The predicted molar refractivity (Wildman–Crippen MR) is 70.0 cm³/mol.